The van der Waals surface area contributed by atoms with Crippen molar-refractivity contribution in [3.63, 3.8) is 0 Å². The standard InChI is InChI=1S/C14H12ClN3S/c15-12-4-3-10(7-16)13(6-12)19-14(8-17)11-2-1-5-18-9-11/h1-6,9,14H,8,17H2. The van der Waals surface area contributed by atoms with Crippen LogP contribution in [0, 0.1) is 11.3 Å². The van der Waals surface area contributed by atoms with E-state index in [-0.39, 0.29) is 5.25 Å². The number of halogens is 1. The smallest absolute Gasteiger partial charge is 0.100 e. The quantitative estimate of drug-likeness (QED) is 0.876. The van der Waals surface area contributed by atoms with Crippen molar-refractivity contribution in [3.8, 4) is 6.07 Å². The van der Waals surface area contributed by atoms with E-state index in [2.05, 4.69) is 11.1 Å². The average molecular weight is 290 g/mol. The molecule has 0 aliphatic carbocycles. The zero-order valence-electron chi connectivity index (χ0n) is 10.1. The van der Waals surface area contributed by atoms with Gasteiger partial charge in [0.15, 0.2) is 0 Å². The molecular weight excluding hydrogens is 278 g/mol. The number of hydrogen-bond acceptors (Lipinski definition) is 4. The number of rotatable bonds is 4. The number of hydrogen-bond donors (Lipinski definition) is 1. The second-order valence-corrected chi connectivity index (χ2v) is 5.56. The Morgan fingerprint density at radius 2 is 2.26 bits per heavy atom. The maximum Gasteiger partial charge on any atom is 0.100 e. The van der Waals surface area contributed by atoms with Crippen molar-refractivity contribution in [2.45, 2.75) is 10.1 Å². The Kier molecular flexibility index (Phi) is 4.80. The SMILES string of the molecule is N#Cc1ccc(Cl)cc1SC(CN)c1cccnc1. The first kappa shape index (κ1) is 13.9. The molecule has 0 radical (unpaired) electrons. The molecule has 96 valence electrons. The Morgan fingerprint density at radius 1 is 1.42 bits per heavy atom. The number of aromatic nitrogens is 1. The molecule has 5 heteroatoms. The third-order valence-corrected chi connectivity index (χ3v) is 4.18. The van der Waals surface area contributed by atoms with Gasteiger partial charge in [0.2, 0.25) is 0 Å². The van der Waals surface area contributed by atoms with Crippen LogP contribution in [-0.2, 0) is 0 Å². The first-order valence-electron chi connectivity index (χ1n) is 5.71. The van der Waals surface area contributed by atoms with Crippen LogP contribution in [0.2, 0.25) is 5.02 Å². The highest BCUT2D eigenvalue weighted by atomic mass is 35.5. The van der Waals surface area contributed by atoms with E-state index in [1.54, 1.807) is 30.6 Å². The average Bonchev–Trinajstić information content (AvgIpc) is 2.46. The molecule has 1 atom stereocenters. The van der Waals surface area contributed by atoms with Crippen LogP contribution in [-0.4, -0.2) is 11.5 Å². The lowest BCUT2D eigenvalue weighted by Gasteiger charge is -2.15. The molecule has 2 aromatic rings. The lowest BCUT2D eigenvalue weighted by molar-refractivity contribution is 0.931. The van der Waals surface area contributed by atoms with Gasteiger partial charge in [0.05, 0.1) is 5.56 Å². The molecule has 3 nitrogen and oxygen atoms in total. The Balaban J connectivity index is 2.29. The van der Waals surface area contributed by atoms with Crippen LogP contribution < -0.4 is 5.73 Å². The van der Waals surface area contributed by atoms with Crippen LogP contribution in [0.5, 0.6) is 0 Å². The molecule has 19 heavy (non-hydrogen) atoms. The van der Waals surface area contributed by atoms with Crippen molar-refractivity contribution in [1.82, 2.24) is 4.98 Å². The van der Waals surface area contributed by atoms with Gasteiger partial charge in [-0.15, -0.1) is 11.8 Å². The molecule has 0 fully saturated rings. The topological polar surface area (TPSA) is 62.7 Å². The minimum Gasteiger partial charge on any atom is -0.329 e. The summed E-state index contributed by atoms with van der Waals surface area (Å²) in [5.41, 5.74) is 7.47. The van der Waals surface area contributed by atoms with Crippen LogP contribution >= 0.6 is 23.4 Å². The van der Waals surface area contributed by atoms with Crippen LogP contribution in [0.1, 0.15) is 16.4 Å². The molecule has 0 saturated carbocycles. The molecule has 0 aliphatic rings. The highest BCUT2D eigenvalue weighted by molar-refractivity contribution is 7.99. The maximum absolute atomic E-state index is 9.12. The Bertz CT molecular complexity index is 595. The lowest BCUT2D eigenvalue weighted by Crippen LogP contribution is -2.09. The molecule has 2 rings (SSSR count). The molecule has 0 amide bonds. The molecule has 1 aromatic heterocycles. The summed E-state index contributed by atoms with van der Waals surface area (Å²) < 4.78 is 0. The van der Waals surface area contributed by atoms with E-state index in [0.29, 0.717) is 17.1 Å². The van der Waals surface area contributed by atoms with Gasteiger partial charge >= 0.3 is 0 Å². The van der Waals surface area contributed by atoms with E-state index in [0.717, 1.165) is 10.5 Å². The summed E-state index contributed by atoms with van der Waals surface area (Å²) in [6, 6.07) is 11.3. The minimum atomic E-state index is 0.0549. The van der Waals surface area contributed by atoms with Crippen molar-refractivity contribution < 1.29 is 0 Å². The lowest BCUT2D eigenvalue weighted by atomic mass is 10.2. The predicted molar refractivity (Wildman–Crippen MR) is 78.1 cm³/mol. The predicted octanol–water partition coefficient (Wildman–Crippen LogP) is 3.40. The maximum atomic E-state index is 9.12. The summed E-state index contributed by atoms with van der Waals surface area (Å²) >= 11 is 7.52. The first-order valence-corrected chi connectivity index (χ1v) is 6.96. The van der Waals surface area contributed by atoms with E-state index >= 15 is 0 Å². The Morgan fingerprint density at radius 3 is 2.89 bits per heavy atom. The summed E-state index contributed by atoms with van der Waals surface area (Å²) in [6.07, 6.45) is 3.52. The number of thioether (sulfide) groups is 1. The summed E-state index contributed by atoms with van der Waals surface area (Å²) in [6.45, 7) is 0.466. The third-order valence-electron chi connectivity index (χ3n) is 2.60. The normalized spacial score (nSPS) is 11.8. The fourth-order valence-corrected chi connectivity index (χ4v) is 3.01. The number of nitrogens with zero attached hydrogens (tertiary/aromatic N) is 2. The first-order chi connectivity index (χ1) is 9.24. The van der Waals surface area contributed by atoms with Crippen molar-refractivity contribution in [1.29, 1.82) is 5.26 Å². The molecule has 1 unspecified atom stereocenters. The second-order valence-electron chi connectivity index (χ2n) is 3.88. The number of nitrogens with two attached hydrogens (primary N) is 1. The highest BCUT2D eigenvalue weighted by Crippen LogP contribution is 2.37. The molecule has 2 N–H and O–H groups in total. The van der Waals surface area contributed by atoms with Gasteiger partial charge in [0.25, 0.3) is 0 Å². The molecular formula is C14H12ClN3S. The fourth-order valence-electron chi connectivity index (χ4n) is 1.66. The largest absolute Gasteiger partial charge is 0.329 e. The highest BCUT2D eigenvalue weighted by Gasteiger charge is 2.14. The van der Waals surface area contributed by atoms with Crippen molar-refractivity contribution in [2.24, 2.45) is 5.73 Å². The van der Waals surface area contributed by atoms with Crippen LogP contribution in [0.15, 0.2) is 47.6 Å². The summed E-state index contributed by atoms with van der Waals surface area (Å²) in [7, 11) is 0. The van der Waals surface area contributed by atoms with Crippen LogP contribution in [0.4, 0.5) is 0 Å². The summed E-state index contributed by atoms with van der Waals surface area (Å²) in [5.74, 6) is 0. The molecule has 0 bridgehead atoms. The molecule has 1 aromatic carbocycles. The summed E-state index contributed by atoms with van der Waals surface area (Å²) in [5, 5.41) is 9.78. The van der Waals surface area contributed by atoms with E-state index in [1.165, 1.54) is 11.8 Å². The molecule has 0 saturated heterocycles. The zero-order valence-corrected chi connectivity index (χ0v) is 11.7. The van der Waals surface area contributed by atoms with Crippen molar-refractivity contribution in [3.05, 3.63) is 58.9 Å². The molecule has 1 heterocycles. The van der Waals surface area contributed by atoms with Gasteiger partial charge in [-0.25, -0.2) is 0 Å². The van der Waals surface area contributed by atoms with Crippen LogP contribution in [0.25, 0.3) is 0 Å². The van der Waals surface area contributed by atoms with E-state index in [1.807, 2.05) is 12.1 Å². The van der Waals surface area contributed by atoms with Gasteiger partial charge < -0.3 is 5.73 Å². The van der Waals surface area contributed by atoms with Gasteiger partial charge in [-0.1, -0.05) is 17.7 Å². The summed E-state index contributed by atoms with van der Waals surface area (Å²) in [4.78, 5) is 4.94. The Hall–Kier alpha value is -1.54. The Labute approximate surface area is 121 Å². The van der Waals surface area contributed by atoms with Crippen molar-refractivity contribution in [2.75, 3.05) is 6.54 Å². The van der Waals surface area contributed by atoms with Crippen LogP contribution in [0.3, 0.4) is 0 Å². The molecule has 0 spiro atoms. The van der Waals surface area contributed by atoms with Gasteiger partial charge in [0, 0.05) is 34.1 Å². The van der Waals surface area contributed by atoms with Gasteiger partial charge in [-0.3, -0.25) is 4.98 Å². The van der Waals surface area contributed by atoms with Gasteiger partial charge in [-0.05, 0) is 29.8 Å². The van der Waals surface area contributed by atoms with E-state index < -0.39 is 0 Å². The van der Waals surface area contributed by atoms with Gasteiger partial charge in [-0.2, -0.15) is 5.26 Å². The van der Waals surface area contributed by atoms with E-state index in [4.69, 9.17) is 22.6 Å². The molecule has 0 aliphatic heterocycles. The fraction of sp³-hybridized carbons (Fsp3) is 0.143. The minimum absolute atomic E-state index is 0.0549. The monoisotopic (exact) mass is 289 g/mol. The van der Waals surface area contributed by atoms with Gasteiger partial charge in [0.1, 0.15) is 6.07 Å². The number of benzene rings is 1. The number of pyridine rings is 1. The van der Waals surface area contributed by atoms with E-state index in [9.17, 15) is 0 Å². The second kappa shape index (κ2) is 6.58. The number of nitriles is 1. The third kappa shape index (κ3) is 3.48. The van der Waals surface area contributed by atoms with Crippen molar-refractivity contribution >= 4 is 23.4 Å². The zero-order chi connectivity index (χ0) is 13.7.